The normalized spacial score (nSPS) is 6.67. The molecular formula is C3H5INO+. The zero-order chi connectivity index (χ0) is 3.54. The minimum atomic E-state index is 0. The number of halogens is 1. The van der Waals surface area contributed by atoms with Crippen molar-refractivity contribution < 1.29 is 28.4 Å². The van der Waals surface area contributed by atoms with Gasteiger partial charge < -0.3 is 4.42 Å². The molecule has 1 aromatic rings. The van der Waals surface area contributed by atoms with Gasteiger partial charge in [0.15, 0.2) is 6.39 Å². The van der Waals surface area contributed by atoms with Crippen molar-refractivity contribution in [2.24, 2.45) is 0 Å². The first-order valence-electron chi connectivity index (χ1n) is 1.32. The lowest BCUT2D eigenvalue weighted by Crippen LogP contribution is -3.00. The summed E-state index contributed by atoms with van der Waals surface area (Å²) < 4.78 is 4.47. The van der Waals surface area contributed by atoms with Gasteiger partial charge in [0.1, 0.15) is 6.26 Å². The van der Waals surface area contributed by atoms with Gasteiger partial charge in [-0.25, -0.2) is 4.98 Å². The molecule has 6 heavy (non-hydrogen) atoms. The molecule has 1 aromatic heterocycles. The van der Waals surface area contributed by atoms with Gasteiger partial charge in [-0.2, -0.15) is 0 Å². The van der Waals surface area contributed by atoms with E-state index in [1.54, 1.807) is 6.20 Å². The molecule has 1 rings (SSSR count). The molecule has 0 amide bonds. The van der Waals surface area contributed by atoms with E-state index in [0.717, 1.165) is 0 Å². The Labute approximate surface area is 52.6 Å². The van der Waals surface area contributed by atoms with Crippen LogP contribution in [0.15, 0.2) is 23.3 Å². The molecule has 34 valence electrons. The predicted octanol–water partition coefficient (Wildman–Crippen LogP) is -2.86. The van der Waals surface area contributed by atoms with Gasteiger partial charge in [-0.1, -0.05) is 0 Å². The molecule has 1 heterocycles. The molecular weight excluding hydrogens is 193 g/mol. The van der Waals surface area contributed by atoms with Crippen molar-refractivity contribution in [2.45, 2.75) is 0 Å². The zero-order valence-corrected chi connectivity index (χ0v) is 5.59. The number of oxazole rings is 1. The van der Waals surface area contributed by atoms with Gasteiger partial charge in [0.2, 0.25) is 24.0 Å². The van der Waals surface area contributed by atoms with Gasteiger partial charge >= 0.3 is 0 Å². The van der Waals surface area contributed by atoms with Crippen LogP contribution in [0.3, 0.4) is 0 Å². The van der Waals surface area contributed by atoms with E-state index < -0.39 is 0 Å². The zero-order valence-electron chi connectivity index (χ0n) is 3.03. The van der Waals surface area contributed by atoms with Crippen LogP contribution in [0.25, 0.3) is 0 Å². The quantitative estimate of drug-likeness (QED) is 0.419. The van der Waals surface area contributed by atoms with Crippen molar-refractivity contribution >= 4 is 0 Å². The first-order valence-corrected chi connectivity index (χ1v) is 1.32. The van der Waals surface area contributed by atoms with Crippen LogP contribution < -0.4 is 24.0 Å². The second-order valence-electron chi connectivity index (χ2n) is 0.676. The predicted molar refractivity (Wildman–Crippen MR) is 19.3 cm³/mol. The highest BCUT2D eigenvalue weighted by atomic mass is 127. The van der Waals surface area contributed by atoms with Crippen LogP contribution in [-0.2, 0) is 0 Å². The monoisotopic (exact) mass is 198 g/mol. The Kier molecular flexibility index (Phi) is 3.11. The molecule has 0 N–H and O–H groups in total. The topological polar surface area (TPSA) is 26.0 Å². The fourth-order valence-corrected chi connectivity index (χ4v) is 0.176. The maximum Gasteiger partial charge on any atom is 0.235 e. The summed E-state index contributed by atoms with van der Waals surface area (Å²) in [6.07, 6.45) is 4.47. The van der Waals surface area contributed by atoms with Gasteiger partial charge in [0.05, 0.1) is 6.20 Å². The summed E-state index contributed by atoms with van der Waals surface area (Å²) in [6.45, 7) is 0. The molecule has 0 bridgehead atoms. The van der Waals surface area contributed by atoms with Crippen LogP contribution in [0.4, 0.5) is 0 Å². The van der Waals surface area contributed by atoms with Gasteiger partial charge in [0, 0.05) is 0 Å². The van der Waals surface area contributed by atoms with Crippen LogP contribution in [0.5, 0.6) is 0 Å². The second-order valence-corrected chi connectivity index (χ2v) is 0.676. The number of rotatable bonds is 0. The van der Waals surface area contributed by atoms with E-state index in [4.69, 9.17) is 0 Å². The standard InChI is InChI=1S/C3H3NO.H2I/c1-2-5-3-4-1;/h1-3H;1H2/q;+1. The van der Waals surface area contributed by atoms with Gasteiger partial charge in [-0.3, -0.25) is 0 Å². The van der Waals surface area contributed by atoms with E-state index in [-0.39, 0.29) is 24.0 Å². The molecule has 0 unspecified atom stereocenters. The third-order valence-electron chi connectivity index (χ3n) is 0.347. The fraction of sp³-hybridized carbons (Fsp3) is 0. The molecule has 3 heteroatoms. The second kappa shape index (κ2) is 3.14. The Bertz CT molecular complexity index is 67.3. The molecule has 0 aliphatic carbocycles. The van der Waals surface area contributed by atoms with Crippen molar-refractivity contribution in [2.75, 3.05) is 0 Å². The molecule has 0 saturated heterocycles. The van der Waals surface area contributed by atoms with E-state index >= 15 is 0 Å². The van der Waals surface area contributed by atoms with Crippen LogP contribution in [0, 0.1) is 0 Å². The van der Waals surface area contributed by atoms with Crippen LogP contribution in [-0.4, -0.2) is 4.98 Å². The van der Waals surface area contributed by atoms with E-state index in [9.17, 15) is 0 Å². The summed E-state index contributed by atoms with van der Waals surface area (Å²) in [5.74, 6) is 0. The van der Waals surface area contributed by atoms with Gasteiger partial charge in [-0.15, -0.1) is 0 Å². The Morgan fingerprint density at radius 2 is 2.33 bits per heavy atom. The maximum atomic E-state index is 4.47. The maximum absolute atomic E-state index is 4.47. The van der Waals surface area contributed by atoms with E-state index in [1.165, 1.54) is 12.7 Å². The van der Waals surface area contributed by atoms with E-state index in [0.29, 0.717) is 0 Å². The Balaban J connectivity index is 0.000000250. The van der Waals surface area contributed by atoms with Crippen molar-refractivity contribution in [1.82, 2.24) is 4.98 Å². The summed E-state index contributed by atoms with van der Waals surface area (Å²) in [5.41, 5.74) is 0. The molecule has 0 atom stereocenters. The fourth-order valence-electron chi connectivity index (χ4n) is 0.176. The summed E-state index contributed by atoms with van der Waals surface area (Å²) in [5, 5.41) is 0. The lowest BCUT2D eigenvalue weighted by atomic mass is 11.0. The highest BCUT2D eigenvalue weighted by Crippen LogP contribution is 1.72. The molecule has 0 spiro atoms. The van der Waals surface area contributed by atoms with E-state index in [1.807, 2.05) is 0 Å². The summed E-state index contributed by atoms with van der Waals surface area (Å²) >= 11 is 0. The first kappa shape index (κ1) is 5.94. The Hall–Kier alpha value is -0.0600. The van der Waals surface area contributed by atoms with Crippen LogP contribution in [0.2, 0.25) is 0 Å². The average molecular weight is 198 g/mol. The van der Waals surface area contributed by atoms with Crippen molar-refractivity contribution in [3.8, 4) is 0 Å². The molecule has 0 fully saturated rings. The number of hydrogen-bond donors (Lipinski definition) is 0. The molecule has 0 aliphatic rings. The van der Waals surface area contributed by atoms with Gasteiger partial charge in [-0.05, 0) is 0 Å². The highest BCUT2D eigenvalue weighted by molar-refractivity contribution is 4.56. The average Bonchev–Trinajstić information content (AvgIpc) is 1.76. The Morgan fingerprint density at radius 1 is 1.50 bits per heavy atom. The summed E-state index contributed by atoms with van der Waals surface area (Å²) in [4.78, 5) is 3.56. The first-order chi connectivity index (χ1) is 2.50. The third kappa shape index (κ3) is 1.40. The molecule has 0 aromatic carbocycles. The minimum Gasteiger partial charge on any atom is -0.452 e. The molecule has 0 aliphatic heterocycles. The van der Waals surface area contributed by atoms with Crippen molar-refractivity contribution in [1.29, 1.82) is 0 Å². The lowest BCUT2D eigenvalue weighted by Gasteiger charge is -1.47. The SMILES string of the molecule is [IH2+].c1cocn1. The Morgan fingerprint density at radius 3 is 2.50 bits per heavy atom. The minimum absolute atomic E-state index is 0. The van der Waals surface area contributed by atoms with Gasteiger partial charge in [0.25, 0.3) is 0 Å². The third-order valence-corrected chi connectivity index (χ3v) is 0.347. The highest BCUT2D eigenvalue weighted by Gasteiger charge is 1.59. The lowest BCUT2D eigenvalue weighted by molar-refractivity contribution is -0.00000151. The summed E-state index contributed by atoms with van der Waals surface area (Å²) in [7, 11) is 0. The molecule has 0 radical (unpaired) electrons. The number of hydrogen-bond acceptors (Lipinski definition) is 2. The number of aromatic nitrogens is 1. The van der Waals surface area contributed by atoms with Crippen LogP contribution >= 0.6 is 0 Å². The van der Waals surface area contributed by atoms with Crippen LogP contribution in [0.1, 0.15) is 0 Å². The van der Waals surface area contributed by atoms with Crippen molar-refractivity contribution in [3.63, 3.8) is 0 Å². The number of nitrogens with zero attached hydrogens (tertiary/aromatic N) is 1. The summed E-state index contributed by atoms with van der Waals surface area (Å²) in [6, 6.07) is 0. The largest absolute Gasteiger partial charge is 0.452 e. The molecule has 0 saturated carbocycles. The van der Waals surface area contributed by atoms with Crippen molar-refractivity contribution in [3.05, 3.63) is 18.9 Å². The van der Waals surface area contributed by atoms with E-state index in [2.05, 4.69) is 9.40 Å². The molecule has 2 nitrogen and oxygen atoms in total. The smallest absolute Gasteiger partial charge is 0.235 e.